The highest BCUT2D eigenvalue weighted by molar-refractivity contribution is 6.29. The smallest absolute Gasteiger partial charge is 0.179 e. The lowest BCUT2D eigenvalue weighted by atomic mass is 9.49. The van der Waals surface area contributed by atoms with Crippen molar-refractivity contribution < 1.29 is 19.8 Å². The van der Waals surface area contributed by atoms with Crippen molar-refractivity contribution in [3.05, 3.63) is 23.8 Å². The molecule has 148 valence electrons. The van der Waals surface area contributed by atoms with Crippen LogP contribution in [0.4, 0.5) is 0 Å². The summed E-state index contributed by atoms with van der Waals surface area (Å²) < 4.78 is 0. The normalized spacial score (nSPS) is 51.3. The van der Waals surface area contributed by atoms with E-state index in [0.29, 0.717) is 6.42 Å². The van der Waals surface area contributed by atoms with Gasteiger partial charge in [0.05, 0.1) is 16.9 Å². The third-order valence-electron chi connectivity index (χ3n) is 8.13. The highest BCUT2D eigenvalue weighted by atomic mass is 35.5. The summed E-state index contributed by atoms with van der Waals surface area (Å²) in [5, 5.41) is 22.5. The molecule has 4 aliphatic rings. The minimum Gasteiger partial charge on any atom is -0.391 e. The number of rotatable bonds is 2. The Bertz CT molecular complexity index is 761. The van der Waals surface area contributed by atoms with Gasteiger partial charge in [-0.3, -0.25) is 9.59 Å². The van der Waals surface area contributed by atoms with E-state index in [0.717, 1.165) is 18.4 Å². The van der Waals surface area contributed by atoms with E-state index < -0.39 is 22.0 Å². The summed E-state index contributed by atoms with van der Waals surface area (Å²) in [6.07, 6.45) is 6.58. The van der Waals surface area contributed by atoms with Gasteiger partial charge in [-0.2, -0.15) is 0 Å². The molecule has 6 heteroatoms. The van der Waals surface area contributed by atoms with Crippen molar-refractivity contribution in [3.8, 4) is 0 Å². The van der Waals surface area contributed by atoms with Crippen LogP contribution in [0.2, 0.25) is 0 Å². The molecule has 0 aromatic rings. The summed E-state index contributed by atoms with van der Waals surface area (Å²) in [6, 6.07) is 0. The second-order valence-corrected chi connectivity index (χ2v) is 9.95. The second kappa shape index (κ2) is 6.16. The van der Waals surface area contributed by atoms with Crippen LogP contribution in [-0.2, 0) is 9.59 Å². The predicted octanol–water partition coefficient (Wildman–Crippen LogP) is 3.02. The summed E-state index contributed by atoms with van der Waals surface area (Å²) in [5.74, 6) is -1.20. The van der Waals surface area contributed by atoms with Gasteiger partial charge in [0.2, 0.25) is 0 Å². The molecule has 3 saturated carbocycles. The summed E-state index contributed by atoms with van der Waals surface area (Å²) >= 11 is 13.1. The number of alkyl halides is 2. The van der Waals surface area contributed by atoms with Gasteiger partial charge in [-0.15, -0.1) is 23.2 Å². The van der Waals surface area contributed by atoms with Crippen molar-refractivity contribution in [2.75, 3.05) is 5.88 Å². The quantitative estimate of drug-likeness (QED) is 0.683. The Balaban J connectivity index is 1.78. The van der Waals surface area contributed by atoms with E-state index in [-0.39, 0.29) is 47.5 Å². The third kappa shape index (κ3) is 2.30. The number of ketones is 2. The van der Waals surface area contributed by atoms with Crippen LogP contribution in [0.25, 0.3) is 0 Å². The summed E-state index contributed by atoms with van der Waals surface area (Å²) in [5.41, 5.74) is -1.14. The van der Waals surface area contributed by atoms with E-state index in [1.165, 1.54) is 0 Å². The second-order valence-electron chi connectivity index (χ2n) is 9.06. The predicted molar refractivity (Wildman–Crippen MR) is 104 cm³/mol. The topological polar surface area (TPSA) is 74.6 Å². The van der Waals surface area contributed by atoms with Gasteiger partial charge >= 0.3 is 0 Å². The van der Waals surface area contributed by atoms with Crippen LogP contribution in [0.1, 0.15) is 39.5 Å². The minimum absolute atomic E-state index is 0.0408. The fourth-order valence-electron chi connectivity index (χ4n) is 6.70. The van der Waals surface area contributed by atoms with Gasteiger partial charge in [0, 0.05) is 11.3 Å². The Morgan fingerprint density at radius 1 is 1.33 bits per heavy atom. The number of hydrogen-bond donors (Lipinski definition) is 2. The molecule has 8 atom stereocenters. The number of halogens is 2. The number of hydrogen-bond acceptors (Lipinski definition) is 4. The molecule has 0 radical (unpaired) electrons. The molecule has 3 fully saturated rings. The molecule has 0 aliphatic heterocycles. The van der Waals surface area contributed by atoms with E-state index in [2.05, 4.69) is 0 Å². The molecule has 4 rings (SSSR count). The third-order valence-corrected chi connectivity index (χ3v) is 9.30. The van der Waals surface area contributed by atoms with Crippen LogP contribution in [0.15, 0.2) is 23.8 Å². The van der Waals surface area contributed by atoms with Gasteiger partial charge in [0.15, 0.2) is 11.6 Å². The molecule has 0 bridgehead atoms. The number of fused-ring (bicyclic) bond motifs is 5. The van der Waals surface area contributed by atoms with Crippen molar-refractivity contribution in [3.63, 3.8) is 0 Å². The molecule has 0 heterocycles. The van der Waals surface area contributed by atoms with Gasteiger partial charge in [-0.25, -0.2) is 0 Å². The molecule has 4 aliphatic carbocycles. The fourth-order valence-corrected chi connectivity index (χ4v) is 7.46. The van der Waals surface area contributed by atoms with Gasteiger partial charge in [-0.05, 0) is 55.6 Å². The van der Waals surface area contributed by atoms with Gasteiger partial charge in [0.1, 0.15) is 5.60 Å². The monoisotopic (exact) mass is 412 g/mol. The Hall–Kier alpha value is -0.680. The lowest BCUT2D eigenvalue weighted by molar-refractivity contribution is -0.152. The van der Waals surface area contributed by atoms with E-state index in [9.17, 15) is 19.8 Å². The first-order chi connectivity index (χ1) is 12.6. The minimum atomic E-state index is -1.50. The van der Waals surface area contributed by atoms with Crippen molar-refractivity contribution in [1.29, 1.82) is 0 Å². The number of Topliss-reactive ketones (excluding diaryl/α,β-unsaturated/α-hetero) is 1. The molecule has 0 spiro atoms. The maximum atomic E-state index is 12.5. The highest BCUT2D eigenvalue weighted by Gasteiger charge is 2.70. The summed E-state index contributed by atoms with van der Waals surface area (Å²) in [6.45, 7) is 3.89. The van der Waals surface area contributed by atoms with Crippen LogP contribution >= 0.6 is 23.2 Å². The van der Waals surface area contributed by atoms with E-state index in [1.807, 2.05) is 19.9 Å². The lowest BCUT2D eigenvalue weighted by Gasteiger charge is -2.61. The standard InChI is InChI=1S/C21H26Cl2O4/c1-11-7-14-15-4-3-12-8-13(24)5-6-19(12,2)21(15,23)17(25)9-16(14)20(11,27)18(26)10-22/h5-6,8,11,14-17,25,27H,3-4,7,9-10H2,1-2H3/t11-,14+,15+,16+,17+,19+,20-,21+/m1/s1. The van der Waals surface area contributed by atoms with Crippen LogP contribution < -0.4 is 0 Å². The zero-order valence-corrected chi connectivity index (χ0v) is 17.1. The molecule has 0 amide bonds. The first-order valence-electron chi connectivity index (χ1n) is 9.73. The molecule has 27 heavy (non-hydrogen) atoms. The number of aliphatic hydroxyl groups excluding tert-OH is 1. The van der Waals surface area contributed by atoms with E-state index in [4.69, 9.17) is 23.2 Å². The van der Waals surface area contributed by atoms with Crippen molar-refractivity contribution >= 4 is 34.8 Å². The lowest BCUT2D eigenvalue weighted by Crippen LogP contribution is -2.65. The van der Waals surface area contributed by atoms with Crippen LogP contribution in [0.5, 0.6) is 0 Å². The first kappa shape index (κ1) is 19.6. The van der Waals surface area contributed by atoms with Crippen LogP contribution in [0.3, 0.4) is 0 Å². The number of carbonyl (C=O) groups is 2. The molecule has 0 saturated heterocycles. The van der Waals surface area contributed by atoms with Crippen LogP contribution in [-0.4, -0.2) is 44.2 Å². The SMILES string of the molecule is C[C@@H]1C[C@@H]2[C@H](C[C@H](O)[C@@]3(Cl)[C@H]2CCC2=CC(=O)C=C[C@@]23C)[C@@]1(O)C(=O)CCl. The summed E-state index contributed by atoms with van der Waals surface area (Å²) in [4.78, 5) is 23.4. The molecule has 0 aromatic heterocycles. The Morgan fingerprint density at radius 2 is 2.04 bits per heavy atom. The maximum Gasteiger partial charge on any atom is 0.179 e. The average Bonchev–Trinajstić information content (AvgIpc) is 2.88. The van der Waals surface area contributed by atoms with Gasteiger partial charge in [-0.1, -0.05) is 25.5 Å². The van der Waals surface area contributed by atoms with Gasteiger partial charge in [0.25, 0.3) is 0 Å². The number of aliphatic hydroxyl groups is 2. The first-order valence-corrected chi connectivity index (χ1v) is 10.6. The van der Waals surface area contributed by atoms with Gasteiger partial charge < -0.3 is 10.2 Å². The Morgan fingerprint density at radius 3 is 2.70 bits per heavy atom. The molecule has 0 unspecified atom stereocenters. The average molecular weight is 413 g/mol. The molecular formula is C21H26Cl2O4. The Labute approximate surface area is 169 Å². The van der Waals surface area contributed by atoms with Crippen molar-refractivity contribution in [2.45, 2.75) is 56.1 Å². The molecular weight excluding hydrogens is 387 g/mol. The number of allylic oxidation sites excluding steroid dienone is 4. The Kier molecular flexibility index (Phi) is 4.48. The zero-order chi connectivity index (χ0) is 19.8. The molecule has 4 nitrogen and oxygen atoms in total. The van der Waals surface area contributed by atoms with Crippen molar-refractivity contribution in [2.24, 2.45) is 29.1 Å². The molecule has 2 N–H and O–H groups in total. The largest absolute Gasteiger partial charge is 0.391 e. The van der Waals surface area contributed by atoms with Crippen LogP contribution in [0, 0.1) is 29.1 Å². The van der Waals surface area contributed by atoms with E-state index >= 15 is 0 Å². The number of carbonyl (C=O) groups excluding carboxylic acids is 2. The van der Waals surface area contributed by atoms with Crippen molar-refractivity contribution in [1.82, 2.24) is 0 Å². The zero-order valence-electron chi connectivity index (χ0n) is 15.6. The summed E-state index contributed by atoms with van der Waals surface area (Å²) in [7, 11) is 0. The maximum absolute atomic E-state index is 12.5. The highest BCUT2D eigenvalue weighted by Crippen LogP contribution is 2.67. The fraction of sp³-hybridized carbons (Fsp3) is 0.714. The van der Waals surface area contributed by atoms with E-state index in [1.54, 1.807) is 12.2 Å². The molecule has 0 aromatic carbocycles.